The third-order valence-electron chi connectivity index (χ3n) is 5.17. The molecule has 28 heavy (non-hydrogen) atoms. The topological polar surface area (TPSA) is 62.0 Å². The summed E-state index contributed by atoms with van der Waals surface area (Å²) in [6, 6.07) is 8.17. The Morgan fingerprint density at radius 2 is 1.71 bits per heavy atom. The normalized spacial score (nSPS) is 20.3. The molecule has 2 fully saturated rings. The number of benzene rings is 1. The maximum absolute atomic E-state index is 12.9. The number of alkyl halides is 3. The summed E-state index contributed by atoms with van der Waals surface area (Å²) in [5.74, 6) is 0.232. The van der Waals surface area contributed by atoms with Gasteiger partial charge in [-0.2, -0.15) is 13.2 Å². The number of hydrogen-bond donors (Lipinski definition) is 2. The molecular weight excluding hydrogens is 369 g/mol. The SMILES string of the molecule is O=C1CC[C@H](/C=C(\c2ccc(C(F)(F)F)cc2)c2ccc(C3CC3)c(=O)[nH]2)N1. The van der Waals surface area contributed by atoms with Gasteiger partial charge in [0.25, 0.3) is 5.56 Å². The van der Waals surface area contributed by atoms with E-state index >= 15 is 0 Å². The van der Waals surface area contributed by atoms with E-state index in [1.165, 1.54) is 12.1 Å². The average Bonchev–Trinajstić information content (AvgIpc) is 3.40. The van der Waals surface area contributed by atoms with Gasteiger partial charge in [0.1, 0.15) is 0 Å². The molecule has 1 aliphatic carbocycles. The lowest BCUT2D eigenvalue weighted by atomic mass is 9.97. The summed E-state index contributed by atoms with van der Waals surface area (Å²) in [6.07, 6.45) is 0.389. The van der Waals surface area contributed by atoms with Crippen LogP contribution in [0.4, 0.5) is 13.2 Å². The Hall–Kier alpha value is -2.83. The van der Waals surface area contributed by atoms with Gasteiger partial charge in [0.15, 0.2) is 0 Å². The number of hydrogen-bond acceptors (Lipinski definition) is 2. The number of aromatic amines is 1. The highest BCUT2D eigenvalue weighted by Gasteiger charge is 2.30. The minimum Gasteiger partial charge on any atom is -0.350 e. The van der Waals surface area contributed by atoms with Crippen molar-refractivity contribution in [2.45, 2.75) is 43.8 Å². The van der Waals surface area contributed by atoms with Crippen molar-refractivity contribution < 1.29 is 18.0 Å². The van der Waals surface area contributed by atoms with E-state index in [1.54, 1.807) is 18.2 Å². The molecule has 2 heterocycles. The molecule has 2 aliphatic rings. The lowest BCUT2D eigenvalue weighted by Gasteiger charge is -2.14. The molecule has 2 N–H and O–H groups in total. The standard InChI is InChI=1S/C21H19F3N2O2/c22-21(23,24)14-5-3-13(4-6-14)17(11-15-7-10-19(27)25-15)18-9-8-16(12-1-2-12)20(28)26-18/h3-6,8-9,11-12,15H,1-2,7,10H2,(H,25,27)(H,26,28)/b17-11+/t15-/m1/s1. The predicted molar refractivity (Wildman–Crippen MR) is 98.7 cm³/mol. The van der Waals surface area contributed by atoms with Crippen LogP contribution in [-0.4, -0.2) is 16.9 Å². The van der Waals surface area contributed by atoms with Crippen molar-refractivity contribution in [3.05, 3.63) is 75.2 Å². The second kappa shape index (κ2) is 6.96. The van der Waals surface area contributed by atoms with Crippen LogP contribution in [0.1, 0.15) is 54.0 Å². The maximum atomic E-state index is 12.9. The van der Waals surface area contributed by atoms with Gasteiger partial charge in [0, 0.05) is 29.3 Å². The van der Waals surface area contributed by atoms with Crippen LogP contribution in [0.15, 0.2) is 47.3 Å². The number of rotatable bonds is 4. The van der Waals surface area contributed by atoms with Gasteiger partial charge in [0.2, 0.25) is 5.91 Å². The van der Waals surface area contributed by atoms with Crippen LogP contribution >= 0.6 is 0 Å². The lowest BCUT2D eigenvalue weighted by Crippen LogP contribution is -2.23. The van der Waals surface area contributed by atoms with E-state index in [4.69, 9.17) is 0 Å². The second-order valence-corrected chi connectivity index (χ2v) is 7.30. The highest BCUT2D eigenvalue weighted by molar-refractivity contribution is 5.82. The number of aromatic nitrogens is 1. The van der Waals surface area contributed by atoms with E-state index in [1.807, 2.05) is 0 Å². The van der Waals surface area contributed by atoms with E-state index in [9.17, 15) is 22.8 Å². The summed E-state index contributed by atoms with van der Waals surface area (Å²) in [7, 11) is 0. The molecule has 1 amide bonds. The summed E-state index contributed by atoms with van der Waals surface area (Å²) in [5, 5.41) is 2.83. The van der Waals surface area contributed by atoms with Crippen molar-refractivity contribution in [3.8, 4) is 0 Å². The second-order valence-electron chi connectivity index (χ2n) is 7.30. The van der Waals surface area contributed by atoms with Crippen molar-refractivity contribution >= 4 is 11.5 Å². The molecule has 1 saturated heterocycles. The first-order chi connectivity index (χ1) is 13.3. The zero-order chi connectivity index (χ0) is 19.9. The summed E-state index contributed by atoms with van der Waals surface area (Å²) >= 11 is 0. The Bertz CT molecular complexity index is 986. The van der Waals surface area contributed by atoms with Crippen LogP contribution < -0.4 is 10.9 Å². The number of halogens is 3. The average molecular weight is 388 g/mol. The number of nitrogens with one attached hydrogen (secondary N) is 2. The Kier molecular flexibility index (Phi) is 4.61. The lowest BCUT2D eigenvalue weighted by molar-refractivity contribution is -0.137. The fourth-order valence-electron chi connectivity index (χ4n) is 3.50. The minimum absolute atomic E-state index is 0.0643. The third kappa shape index (κ3) is 3.88. The zero-order valence-electron chi connectivity index (χ0n) is 15.0. The van der Waals surface area contributed by atoms with Gasteiger partial charge in [-0.15, -0.1) is 0 Å². The first-order valence-corrected chi connectivity index (χ1v) is 9.23. The van der Waals surface area contributed by atoms with E-state index in [0.717, 1.165) is 30.5 Å². The van der Waals surface area contributed by atoms with Crippen LogP contribution in [-0.2, 0) is 11.0 Å². The van der Waals surface area contributed by atoms with Crippen molar-refractivity contribution in [2.24, 2.45) is 0 Å². The minimum atomic E-state index is -4.41. The fourth-order valence-corrected chi connectivity index (χ4v) is 3.50. The van der Waals surface area contributed by atoms with Crippen LogP contribution in [0.5, 0.6) is 0 Å². The molecule has 1 aliphatic heterocycles. The Morgan fingerprint density at radius 1 is 1.00 bits per heavy atom. The number of pyridine rings is 1. The number of carbonyl (C=O) groups is 1. The van der Waals surface area contributed by atoms with Gasteiger partial charge >= 0.3 is 6.18 Å². The fraction of sp³-hybridized carbons (Fsp3) is 0.333. The summed E-state index contributed by atoms with van der Waals surface area (Å²) in [6.45, 7) is 0. The van der Waals surface area contributed by atoms with Crippen LogP contribution in [0.25, 0.3) is 5.57 Å². The number of amides is 1. The van der Waals surface area contributed by atoms with E-state index in [-0.39, 0.29) is 17.5 Å². The molecule has 0 radical (unpaired) electrons. The molecule has 2 aromatic rings. The Balaban J connectivity index is 1.74. The molecule has 1 saturated carbocycles. The van der Waals surface area contributed by atoms with E-state index in [0.29, 0.717) is 35.6 Å². The first-order valence-electron chi connectivity index (χ1n) is 9.23. The maximum Gasteiger partial charge on any atom is 0.416 e. The van der Waals surface area contributed by atoms with Crippen molar-refractivity contribution in [1.82, 2.24) is 10.3 Å². The molecule has 0 bridgehead atoms. The smallest absolute Gasteiger partial charge is 0.350 e. The molecule has 0 unspecified atom stereocenters. The van der Waals surface area contributed by atoms with Gasteiger partial charge in [0.05, 0.1) is 5.56 Å². The molecule has 1 atom stereocenters. The van der Waals surface area contributed by atoms with Gasteiger partial charge in [-0.25, -0.2) is 0 Å². The van der Waals surface area contributed by atoms with E-state index < -0.39 is 11.7 Å². The Labute approximate surface area is 159 Å². The van der Waals surface area contributed by atoms with Crippen molar-refractivity contribution in [3.63, 3.8) is 0 Å². The van der Waals surface area contributed by atoms with Crippen molar-refractivity contribution in [1.29, 1.82) is 0 Å². The predicted octanol–water partition coefficient (Wildman–Crippen LogP) is 3.98. The van der Waals surface area contributed by atoms with Gasteiger partial charge in [-0.05, 0) is 48.9 Å². The molecule has 1 aromatic carbocycles. The molecule has 0 spiro atoms. The van der Waals surface area contributed by atoms with Crippen molar-refractivity contribution in [2.75, 3.05) is 0 Å². The highest BCUT2D eigenvalue weighted by Crippen LogP contribution is 2.38. The summed E-state index contributed by atoms with van der Waals surface area (Å²) < 4.78 is 38.7. The van der Waals surface area contributed by atoms with Crippen LogP contribution in [0.2, 0.25) is 0 Å². The summed E-state index contributed by atoms with van der Waals surface area (Å²) in [5.41, 5.74) is 1.50. The molecule has 146 valence electrons. The number of carbonyl (C=O) groups excluding carboxylic acids is 1. The Morgan fingerprint density at radius 3 is 2.25 bits per heavy atom. The van der Waals surface area contributed by atoms with E-state index in [2.05, 4.69) is 10.3 Å². The highest BCUT2D eigenvalue weighted by atomic mass is 19.4. The quantitative estimate of drug-likeness (QED) is 0.832. The van der Waals surface area contributed by atoms with Gasteiger partial charge in [-0.1, -0.05) is 24.3 Å². The largest absolute Gasteiger partial charge is 0.416 e. The monoisotopic (exact) mass is 388 g/mol. The molecule has 7 heteroatoms. The van der Waals surface area contributed by atoms with Gasteiger partial charge < -0.3 is 10.3 Å². The third-order valence-corrected chi connectivity index (χ3v) is 5.17. The molecule has 4 nitrogen and oxygen atoms in total. The first kappa shape index (κ1) is 18.5. The molecule has 4 rings (SSSR count). The summed E-state index contributed by atoms with van der Waals surface area (Å²) in [4.78, 5) is 26.8. The molecule has 1 aromatic heterocycles. The zero-order valence-corrected chi connectivity index (χ0v) is 15.0. The van der Waals surface area contributed by atoms with Crippen LogP contribution in [0.3, 0.4) is 0 Å². The molecular formula is C21H19F3N2O2. The van der Waals surface area contributed by atoms with Gasteiger partial charge in [-0.3, -0.25) is 9.59 Å². The number of H-pyrrole nitrogens is 1. The van der Waals surface area contributed by atoms with Crippen LogP contribution in [0, 0.1) is 0 Å².